The summed E-state index contributed by atoms with van der Waals surface area (Å²) in [6, 6.07) is 20.3. The molecule has 0 fully saturated rings. The third-order valence-corrected chi connectivity index (χ3v) is 4.14. The van der Waals surface area contributed by atoms with Gasteiger partial charge in [-0.05, 0) is 29.3 Å². The van der Waals surface area contributed by atoms with Gasteiger partial charge in [0.25, 0.3) is 0 Å². The lowest BCUT2D eigenvalue weighted by atomic mass is 10.0. The van der Waals surface area contributed by atoms with Crippen LogP contribution in [0, 0.1) is 11.3 Å². The lowest BCUT2D eigenvalue weighted by Gasteiger charge is -2.10. The number of thioether (sulfide) groups is 1. The summed E-state index contributed by atoms with van der Waals surface area (Å²) in [6.45, 7) is 0. The van der Waals surface area contributed by atoms with Crippen molar-refractivity contribution < 1.29 is 4.74 Å². The monoisotopic (exact) mass is 306 g/mol. The van der Waals surface area contributed by atoms with E-state index >= 15 is 0 Å². The van der Waals surface area contributed by atoms with Crippen LogP contribution in [0.3, 0.4) is 0 Å². The molecule has 0 aliphatic heterocycles. The van der Waals surface area contributed by atoms with Crippen LogP contribution in [0.4, 0.5) is 0 Å². The zero-order valence-electron chi connectivity index (χ0n) is 12.1. The summed E-state index contributed by atoms with van der Waals surface area (Å²) in [7, 11) is 1.65. The predicted octanol–water partition coefficient (Wildman–Crippen LogP) is 4.53. The molecule has 0 aliphatic carbocycles. The van der Waals surface area contributed by atoms with Crippen LogP contribution in [0.5, 0.6) is 5.75 Å². The van der Waals surface area contributed by atoms with Gasteiger partial charge >= 0.3 is 0 Å². The maximum absolute atomic E-state index is 8.79. The van der Waals surface area contributed by atoms with Gasteiger partial charge in [-0.25, -0.2) is 4.98 Å². The second-order valence-corrected chi connectivity index (χ2v) is 5.70. The zero-order chi connectivity index (χ0) is 15.4. The SMILES string of the molecule is COc1ccc2c(-c3ccccc3)cc(SCC#N)nc2c1. The van der Waals surface area contributed by atoms with E-state index in [2.05, 4.69) is 23.2 Å². The maximum atomic E-state index is 8.79. The molecule has 3 nitrogen and oxygen atoms in total. The van der Waals surface area contributed by atoms with Crippen LogP contribution in [-0.4, -0.2) is 17.8 Å². The normalized spacial score (nSPS) is 10.4. The smallest absolute Gasteiger partial charge is 0.121 e. The summed E-state index contributed by atoms with van der Waals surface area (Å²) in [5, 5.41) is 10.7. The molecule has 108 valence electrons. The third kappa shape index (κ3) is 2.90. The van der Waals surface area contributed by atoms with Crippen LogP contribution in [-0.2, 0) is 0 Å². The van der Waals surface area contributed by atoms with E-state index in [0.29, 0.717) is 5.75 Å². The molecule has 0 atom stereocenters. The van der Waals surface area contributed by atoms with Crippen molar-refractivity contribution in [3.8, 4) is 22.9 Å². The van der Waals surface area contributed by atoms with E-state index in [-0.39, 0.29) is 0 Å². The Kier molecular flexibility index (Phi) is 4.27. The van der Waals surface area contributed by atoms with E-state index in [0.717, 1.165) is 32.8 Å². The second-order valence-electron chi connectivity index (χ2n) is 4.70. The number of hydrogen-bond acceptors (Lipinski definition) is 4. The quantitative estimate of drug-likeness (QED) is 0.665. The molecule has 1 aromatic heterocycles. The minimum Gasteiger partial charge on any atom is -0.497 e. The molecular formula is C18H14N2OS. The van der Waals surface area contributed by atoms with Gasteiger partial charge in [0, 0.05) is 11.5 Å². The molecule has 2 aromatic carbocycles. The highest BCUT2D eigenvalue weighted by atomic mass is 32.2. The first-order valence-corrected chi connectivity index (χ1v) is 7.84. The first-order chi connectivity index (χ1) is 10.8. The number of methoxy groups -OCH3 is 1. The molecule has 0 amide bonds. The molecule has 0 saturated heterocycles. The summed E-state index contributed by atoms with van der Waals surface area (Å²) >= 11 is 1.44. The highest BCUT2D eigenvalue weighted by Gasteiger charge is 2.09. The summed E-state index contributed by atoms with van der Waals surface area (Å²) < 4.78 is 5.29. The van der Waals surface area contributed by atoms with Crippen molar-refractivity contribution in [2.75, 3.05) is 12.9 Å². The molecule has 0 unspecified atom stereocenters. The van der Waals surface area contributed by atoms with Crippen LogP contribution >= 0.6 is 11.8 Å². The van der Waals surface area contributed by atoms with Gasteiger partial charge in [-0.2, -0.15) is 5.26 Å². The van der Waals surface area contributed by atoms with Gasteiger partial charge in [-0.1, -0.05) is 42.1 Å². The number of benzene rings is 2. The number of hydrogen-bond donors (Lipinski definition) is 0. The van der Waals surface area contributed by atoms with E-state index in [1.165, 1.54) is 11.8 Å². The molecule has 1 heterocycles. The van der Waals surface area contributed by atoms with Crippen molar-refractivity contribution >= 4 is 22.7 Å². The highest BCUT2D eigenvalue weighted by molar-refractivity contribution is 7.99. The van der Waals surface area contributed by atoms with Gasteiger partial charge in [0.15, 0.2) is 0 Å². The topological polar surface area (TPSA) is 45.9 Å². The van der Waals surface area contributed by atoms with Crippen LogP contribution in [0.15, 0.2) is 59.6 Å². The lowest BCUT2D eigenvalue weighted by molar-refractivity contribution is 0.415. The van der Waals surface area contributed by atoms with Crippen molar-refractivity contribution in [1.29, 1.82) is 5.26 Å². The van der Waals surface area contributed by atoms with E-state index in [1.54, 1.807) is 7.11 Å². The first-order valence-electron chi connectivity index (χ1n) is 6.86. The van der Waals surface area contributed by atoms with Gasteiger partial charge < -0.3 is 4.74 Å². The molecule has 22 heavy (non-hydrogen) atoms. The number of nitrogens with zero attached hydrogens (tertiary/aromatic N) is 2. The maximum Gasteiger partial charge on any atom is 0.121 e. The van der Waals surface area contributed by atoms with Crippen molar-refractivity contribution in [2.24, 2.45) is 0 Å². The molecule has 0 radical (unpaired) electrons. The van der Waals surface area contributed by atoms with Crippen LogP contribution in [0.2, 0.25) is 0 Å². The van der Waals surface area contributed by atoms with Gasteiger partial charge in [-0.15, -0.1) is 0 Å². The standard InChI is InChI=1S/C18H14N2OS/c1-21-14-7-8-15-16(13-5-3-2-4-6-13)12-18(22-10-9-19)20-17(15)11-14/h2-8,11-12H,10H2,1H3. The van der Waals surface area contributed by atoms with Gasteiger partial charge in [0.1, 0.15) is 5.75 Å². The number of fused-ring (bicyclic) bond motifs is 1. The van der Waals surface area contributed by atoms with E-state index in [9.17, 15) is 0 Å². The average Bonchev–Trinajstić information content (AvgIpc) is 2.59. The number of pyridine rings is 1. The van der Waals surface area contributed by atoms with Crippen LogP contribution in [0.1, 0.15) is 0 Å². The fraction of sp³-hybridized carbons (Fsp3) is 0.111. The minimum absolute atomic E-state index is 0.386. The average molecular weight is 306 g/mol. The number of aromatic nitrogens is 1. The summed E-state index contributed by atoms with van der Waals surface area (Å²) in [5.74, 6) is 1.16. The van der Waals surface area contributed by atoms with Crippen LogP contribution in [0.25, 0.3) is 22.0 Å². The minimum atomic E-state index is 0.386. The highest BCUT2D eigenvalue weighted by Crippen LogP contribution is 2.33. The van der Waals surface area contributed by atoms with Crippen LogP contribution < -0.4 is 4.74 Å². The van der Waals surface area contributed by atoms with Gasteiger partial charge in [0.2, 0.25) is 0 Å². The number of nitriles is 1. The zero-order valence-corrected chi connectivity index (χ0v) is 12.9. The first kappa shape index (κ1) is 14.4. The molecule has 0 bridgehead atoms. The Morgan fingerprint density at radius 1 is 1.14 bits per heavy atom. The van der Waals surface area contributed by atoms with Crippen molar-refractivity contribution in [1.82, 2.24) is 4.98 Å². The molecule has 4 heteroatoms. The molecule has 0 N–H and O–H groups in total. The fourth-order valence-electron chi connectivity index (χ4n) is 2.35. The summed E-state index contributed by atoms with van der Waals surface area (Å²) in [6.07, 6.45) is 0. The Hall–Kier alpha value is -2.51. The molecule has 0 spiro atoms. The summed E-state index contributed by atoms with van der Waals surface area (Å²) in [4.78, 5) is 4.64. The molecule has 3 aromatic rings. The Balaban J connectivity index is 2.21. The second kappa shape index (κ2) is 6.50. The van der Waals surface area contributed by atoms with Crippen molar-refractivity contribution in [3.63, 3.8) is 0 Å². The Morgan fingerprint density at radius 3 is 2.68 bits per heavy atom. The van der Waals surface area contributed by atoms with Crippen molar-refractivity contribution in [2.45, 2.75) is 5.03 Å². The Bertz CT molecular complexity index is 841. The number of ether oxygens (including phenoxy) is 1. The van der Waals surface area contributed by atoms with E-state index < -0.39 is 0 Å². The van der Waals surface area contributed by atoms with E-state index in [4.69, 9.17) is 10.00 Å². The Morgan fingerprint density at radius 2 is 1.95 bits per heavy atom. The molecule has 3 rings (SSSR count). The summed E-state index contributed by atoms with van der Waals surface area (Å²) in [5.41, 5.74) is 3.13. The lowest BCUT2D eigenvalue weighted by Crippen LogP contribution is -1.90. The van der Waals surface area contributed by atoms with Crippen molar-refractivity contribution in [3.05, 3.63) is 54.6 Å². The van der Waals surface area contributed by atoms with E-state index in [1.807, 2.05) is 42.5 Å². The van der Waals surface area contributed by atoms with Gasteiger partial charge in [0.05, 0.1) is 29.5 Å². The molecular weight excluding hydrogens is 292 g/mol. The number of rotatable bonds is 4. The molecule has 0 saturated carbocycles. The van der Waals surface area contributed by atoms with Gasteiger partial charge in [-0.3, -0.25) is 0 Å². The largest absolute Gasteiger partial charge is 0.497 e. The molecule has 0 aliphatic rings. The predicted molar refractivity (Wildman–Crippen MR) is 90.1 cm³/mol. The fourth-order valence-corrected chi connectivity index (χ4v) is 2.92. The third-order valence-electron chi connectivity index (χ3n) is 3.36. The Labute approximate surface area is 133 Å².